The fraction of sp³-hybridized carbons (Fsp3) is 0.917. The van der Waals surface area contributed by atoms with Gasteiger partial charge in [-0.05, 0) is 20.3 Å². The Labute approximate surface area is 88.3 Å². The third kappa shape index (κ3) is 3.41. The van der Waals surface area contributed by atoms with Crippen molar-refractivity contribution in [1.82, 2.24) is 0 Å². The number of nitrogens with two attached hydrogens (primary N) is 1. The van der Waals surface area contributed by atoms with Gasteiger partial charge in [-0.1, -0.05) is 33.6 Å². The molecule has 84 valence electrons. The van der Waals surface area contributed by atoms with Crippen LogP contribution in [0.3, 0.4) is 0 Å². The van der Waals surface area contributed by atoms with Gasteiger partial charge >= 0.3 is 0 Å². The van der Waals surface area contributed by atoms with E-state index in [0.29, 0.717) is 12.2 Å². The van der Waals surface area contributed by atoms with Crippen molar-refractivity contribution in [3.05, 3.63) is 0 Å². The zero-order valence-electron chi connectivity index (χ0n) is 10.3. The quantitative estimate of drug-likeness (QED) is 0.668. The van der Waals surface area contributed by atoms with Crippen molar-refractivity contribution in [2.75, 3.05) is 0 Å². The van der Waals surface area contributed by atoms with E-state index in [2.05, 4.69) is 6.92 Å². The molecular weight excluding hydrogens is 174 g/mol. The lowest BCUT2D eigenvalue weighted by atomic mass is 9.71. The second-order valence-electron chi connectivity index (χ2n) is 5.23. The Kier molecular flexibility index (Phi) is 4.79. The summed E-state index contributed by atoms with van der Waals surface area (Å²) in [5, 5.41) is 0. The minimum Gasteiger partial charge on any atom is -0.325 e. The number of hydrogen-bond acceptors (Lipinski definition) is 2. The van der Waals surface area contributed by atoms with Crippen LogP contribution in [0.25, 0.3) is 0 Å². The van der Waals surface area contributed by atoms with Gasteiger partial charge in [0.1, 0.15) is 5.78 Å². The third-order valence-electron chi connectivity index (χ3n) is 3.32. The van der Waals surface area contributed by atoms with Gasteiger partial charge in [0, 0.05) is 17.4 Å². The van der Waals surface area contributed by atoms with Gasteiger partial charge in [-0.3, -0.25) is 4.79 Å². The largest absolute Gasteiger partial charge is 0.325 e. The molecule has 0 rings (SSSR count). The molecule has 0 saturated carbocycles. The molecule has 0 aliphatic heterocycles. The molecular formula is C12H25NO. The van der Waals surface area contributed by atoms with Gasteiger partial charge in [-0.2, -0.15) is 0 Å². The van der Waals surface area contributed by atoms with E-state index >= 15 is 0 Å². The number of rotatable bonds is 6. The first kappa shape index (κ1) is 13.6. The maximum atomic E-state index is 11.9. The first-order chi connectivity index (χ1) is 6.23. The highest BCUT2D eigenvalue weighted by atomic mass is 16.1. The smallest absolute Gasteiger partial charge is 0.140 e. The maximum absolute atomic E-state index is 11.9. The summed E-state index contributed by atoms with van der Waals surface area (Å²) >= 11 is 0. The fourth-order valence-corrected chi connectivity index (χ4v) is 1.21. The summed E-state index contributed by atoms with van der Waals surface area (Å²) in [6.07, 6.45) is 3.95. The lowest BCUT2D eigenvalue weighted by Crippen LogP contribution is -2.51. The number of carbonyl (C=O) groups excluding carboxylic acids is 1. The first-order valence-electron chi connectivity index (χ1n) is 5.55. The molecule has 2 N–H and O–H groups in total. The lowest BCUT2D eigenvalue weighted by molar-refractivity contribution is -0.130. The van der Waals surface area contributed by atoms with Gasteiger partial charge in [0.15, 0.2) is 0 Å². The minimum atomic E-state index is -0.434. The molecule has 0 fully saturated rings. The average Bonchev–Trinajstić information content (AvgIpc) is 2.02. The topological polar surface area (TPSA) is 43.1 Å². The highest BCUT2D eigenvalue weighted by Gasteiger charge is 2.39. The molecule has 0 radical (unpaired) electrons. The Morgan fingerprint density at radius 2 is 1.64 bits per heavy atom. The lowest BCUT2D eigenvalue weighted by Gasteiger charge is -2.37. The summed E-state index contributed by atoms with van der Waals surface area (Å²) in [5.74, 6) is 0.290. The Balaban J connectivity index is 4.23. The molecule has 2 nitrogen and oxygen atoms in total. The van der Waals surface area contributed by atoms with Gasteiger partial charge in [0.25, 0.3) is 0 Å². The molecule has 0 aliphatic carbocycles. The van der Waals surface area contributed by atoms with Crippen molar-refractivity contribution in [1.29, 1.82) is 0 Å². The van der Waals surface area contributed by atoms with Crippen molar-refractivity contribution in [3.63, 3.8) is 0 Å². The molecule has 0 aromatic heterocycles. The summed E-state index contributed by atoms with van der Waals surface area (Å²) in [5.41, 5.74) is 5.15. The van der Waals surface area contributed by atoms with E-state index in [1.807, 2.05) is 27.7 Å². The van der Waals surface area contributed by atoms with Crippen molar-refractivity contribution >= 4 is 5.78 Å². The third-order valence-corrected chi connectivity index (χ3v) is 3.32. The van der Waals surface area contributed by atoms with E-state index in [1.54, 1.807) is 0 Å². The Morgan fingerprint density at radius 3 is 2.00 bits per heavy atom. The molecule has 0 aromatic carbocycles. The minimum absolute atomic E-state index is 0.290. The predicted octanol–water partition coefficient (Wildman–Crippen LogP) is 2.90. The molecule has 0 bridgehead atoms. The molecule has 0 heterocycles. The summed E-state index contributed by atoms with van der Waals surface area (Å²) in [7, 11) is 0. The second-order valence-corrected chi connectivity index (χ2v) is 5.23. The zero-order chi connectivity index (χ0) is 11.4. The van der Waals surface area contributed by atoms with E-state index < -0.39 is 11.0 Å². The number of Topliss-reactive ketones (excluding diaryl/α,β-unsaturated/α-hetero) is 1. The van der Waals surface area contributed by atoms with E-state index in [4.69, 9.17) is 5.73 Å². The number of ketones is 1. The number of hydrogen-bond donors (Lipinski definition) is 1. The van der Waals surface area contributed by atoms with Crippen LogP contribution in [0.15, 0.2) is 0 Å². The van der Waals surface area contributed by atoms with Crippen molar-refractivity contribution in [2.24, 2.45) is 11.1 Å². The number of carbonyl (C=O) groups is 1. The molecule has 0 aliphatic rings. The molecule has 0 amide bonds. The van der Waals surface area contributed by atoms with Crippen LogP contribution in [-0.4, -0.2) is 11.3 Å². The fourth-order valence-electron chi connectivity index (χ4n) is 1.21. The molecule has 0 saturated heterocycles. The highest BCUT2D eigenvalue weighted by molar-refractivity contribution is 5.85. The molecule has 2 heteroatoms. The monoisotopic (exact) mass is 199 g/mol. The SMILES string of the molecule is CCCCCC(=O)C(C)(C)C(C)(C)N. The standard InChI is InChI=1S/C12H25NO/c1-6-7-8-9-10(14)11(2,3)12(4,5)13/h6-9,13H2,1-5H3. The highest BCUT2D eigenvalue weighted by Crippen LogP contribution is 2.31. The summed E-state index contributed by atoms with van der Waals surface area (Å²) < 4.78 is 0. The van der Waals surface area contributed by atoms with Crippen LogP contribution in [0.5, 0.6) is 0 Å². The van der Waals surface area contributed by atoms with Crippen LogP contribution in [0.4, 0.5) is 0 Å². The zero-order valence-corrected chi connectivity index (χ0v) is 10.3. The van der Waals surface area contributed by atoms with Crippen LogP contribution in [0, 0.1) is 5.41 Å². The van der Waals surface area contributed by atoms with E-state index in [-0.39, 0.29) is 0 Å². The maximum Gasteiger partial charge on any atom is 0.140 e. The molecule has 0 atom stereocenters. The van der Waals surface area contributed by atoms with Crippen molar-refractivity contribution in [3.8, 4) is 0 Å². The Hall–Kier alpha value is -0.370. The van der Waals surface area contributed by atoms with Crippen LogP contribution < -0.4 is 5.73 Å². The van der Waals surface area contributed by atoms with E-state index in [1.165, 1.54) is 0 Å². The van der Waals surface area contributed by atoms with Crippen LogP contribution in [-0.2, 0) is 4.79 Å². The summed E-state index contributed by atoms with van der Waals surface area (Å²) in [6.45, 7) is 9.88. The summed E-state index contributed by atoms with van der Waals surface area (Å²) in [4.78, 5) is 11.9. The van der Waals surface area contributed by atoms with Crippen molar-refractivity contribution in [2.45, 2.75) is 65.8 Å². The Bertz CT molecular complexity index is 189. The molecule has 14 heavy (non-hydrogen) atoms. The molecule has 0 aromatic rings. The number of unbranched alkanes of at least 4 members (excludes halogenated alkanes) is 2. The van der Waals surface area contributed by atoms with Gasteiger partial charge in [-0.25, -0.2) is 0 Å². The van der Waals surface area contributed by atoms with Crippen LogP contribution >= 0.6 is 0 Å². The van der Waals surface area contributed by atoms with Crippen LogP contribution in [0.2, 0.25) is 0 Å². The van der Waals surface area contributed by atoms with Gasteiger partial charge in [-0.15, -0.1) is 0 Å². The van der Waals surface area contributed by atoms with Crippen molar-refractivity contribution < 1.29 is 4.79 Å². The molecule has 0 spiro atoms. The predicted molar refractivity (Wildman–Crippen MR) is 61.2 cm³/mol. The van der Waals surface area contributed by atoms with Crippen LogP contribution in [0.1, 0.15) is 60.3 Å². The van der Waals surface area contributed by atoms with Gasteiger partial charge < -0.3 is 5.73 Å². The average molecular weight is 199 g/mol. The second kappa shape index (κ2) is 4.92. The molecule has 0 unspecified atom stereocenters. The van der Waals surface area contributed by atoms with E-state index in [0.717, 1.165) is 19.3 Å². The summed E-state index contributed by atoms with van der Waals surface area (Å²) in [6, 6.07) is 0. The first-order valence-corrected chi connectivity index (χ1v) is 5.55. The van der Waals surface area contributed by atoms with E-state index in [9.17, 15) is 4.79 Å². The van der Waals surface area contributed by atoms with Gasteiger partial charge in [0.05, 0.1) is 0 Å². The Morgan fingerprint density at radius 1 is 1.14 bits per heavy atom. The van der Waals surface area contributed by atoms with Gasteiger partial charge in [0.2, 0.25) is 0 Å². The normalized spacial score (nSPS) is 13.0.